The van der Waals surface area contributed by atoms with Gasteiger partial charge in [0.1, 0.15) is 6.10 Å². The van der Waals surface area contributed by atoms with E-state index >= 15 is 0 Å². The van der Waals surface area contributed by atoms with Crippen molar-refractivity contribution < 1.29 is 19.4 Å². The molecule has 0 aromatic heterocycles. The molecule has 3 aliphatic heterocycles. The topological polar surface area (TPSA) is 94.1 Å². The molecule has 0 radical (unpaired) electrons. The Bertz CT molecular complexity index is 550. The largest absolute Gasteiger partial charge is 0.388 e. The van der Waals surface area contributed by atoms with E-state index in [1.165, 1.54) is 0 Å². The Kier molecular flexibility index (Phi) is 5.98. The smallest absolute Gasteiger partial charge is 0.319 e. The van der Waals surface area contributed by atoms with E-state index in [1.807, 2.05) is 6.92 Å². The summed E-state index contributed by atoms with van der Waals surface area (Å²) >= 11 is 0. The summed E-state index contributed by atoms with van der Waals surface area (Å²) < 4.78 is 6.01. The number of amides is 3. The molecule has 3 fully saturated rings. The molecule has 0 unspecified atom stereocenters. The van der Waals surface area contributed by atoms with Crippen molar-refractivity contribution >= 4 is 11.9 Å². The number of carbonyl (C=O) groups excluding carboxylic acids is 2. The van der Waals surface area contributed by atoms with E-state index in [0.717, 1.165) is 25.9 Å². The molecule has 3 N–H and O–H groups in total. The van der Waals surface area contributed by atoms with Crippen LogP contribution in [0.25, 0.3) is 0 Å². The van der Waals surface area contributed by atoms with Crippen LogP contribution in [0, 0.1) is 5.92 Å². The van der Waals surface area contributed by atoms with E-state index < -0.39 is 17.2 Å². The predicted molar refractivity (Wildman–Crippen MR) is 101 cm³/mol. The minimum atomic E-state index is -0.722. The van der Waals surface area contributed by atoms with Crippen LogP contribution in [0.15, 0.2) is 0 Å². The van der Waals surface area contributed by atoms with E-state index in [4.69, 9.17) is 4.74 Å². The molecule has 0 saturated carbocycles. The van der Waals surface area contributed by atoms with Crippen molar-refractivity contribution in [2.75, 3.05) is 46.9 Å². The molecule has 3 rings (SSSR count). The third-order valence-electron chi connectivity index (χ3n) is 6.49. The normalized spacial score (nSPS) is 31.6. The molecule has 0 bridgehead atoms. The van der Waals surface area contributed by atoms with Gasteiger partial charge in [0.25, 0.3) is 0 Å². The third kappa shape index (κ3) is 4.07. The van der Waals surface area contributed by atoms with Crippen molar-refractivity contribution in [3.05, 3.63) is 0 Å². The van der Waals surface area contributed by atoms with Crippen molar-refractivity contribution in [1.82, 2.24) is 20.4 Å². The van der Waals surface area contributed by atoms with Gasteiger partial charge in [-0.05, 0) is 52.1 Å². The van der Waals surface area contributed by atoms with Crippen LogP contribution >= 0.6 is 0 Å². The molecule has 3 aliphatic rings. The SMILES string of the molecule is CN(C)C(=O)N1CCC(C(=O)N[C@]2(C)CCOC3(CCNCC3)[C@H]2O)CC1. The average molecular weight is 383 g/mol. The first-order valence-corrected chi connectivity index (χ1v) is 10.1. The lowest BCUT2D eigenvalue weighted by molar-refractivity contribution is -0.200. The van der Waals surface area contributed by atoms with E-state index in [-0.39, 0.29) is 17.9 Å². The fourth-order valence-corrected chi connectivity index (χ4v) is 4.66. The van der Waals surface area contributed by atoms with Gasteiger partial charge in [0.05, 0.1) is 11.1 Å². The lowest BCUT2D eigenvalue weighted by atomic mass is 9.73. The zero-order valence-electron chi connectivity index (χ0n) is 16.8. The molecular weight excluding hydrogens is 348 g/mol. The van der Waals surface area contributed by atoms with Gasteiger partial charge in [-0.3, -0.25) is 4.79 Å². The second-order valence-corrected chi connectivity index (χ2v) is 8.66. The first-order chi connectivity index (χ1) is 12.8. The number of nitrogens with zero attached hydrogens (tertiary/aromatic N) is 2. The number of hydrogen-bond acceptors (Lipinski definition) is 5. The van der Waals surface area contributed by atoms with Gasteiger partial charge in [0.2, 0.25) is 5.91 Å². The van der Waals surface area contributed by atoms with Crippen LogP contribution in [0.5, 0.6) is 0 Å². The highest BCUT2D eigenvalue weighted by atomic mass is 16.5. The molecule has 27 heavy (non-hydrogen) atoms. The fraction of sp³-hybridized carbons (Fsp3) is 0.895. The van der Waals surface area contributed by atoms with Gasteiger partial charge in [-0.25, -0.2) is 4.79 Å². The number of aliphatic hydroxyl groups is 1. The summed E-state index contributed by atoms with van der Waals surface area (Å²) in [5.74, 6) is -0.133. The Morgan fingerprint density at radius 1 is 1.19 bits per heavy atom. The van der Waals surface area contributed by atoms with Crippen molar-refractivity contribution in [2.45, 2.75) is 56.3 Å². The van der Waals surface area contributed by atoms with Gasteiger partial charge >= 0.3 is 6.03 Å². The van der Waals surface area contributed by atoms with Crippen LogP contribution < -0.4 is 10.6 Å². The Morgan fingerprint density at radius 2 is 1.81 bits per heavy atom. The second kappa shape index (κ2) is 7.93. The predicted octanol–water partition coefficient (Wildman–Crippen LogP) is 0.158. The minimum absolute atomic E-state index is 0.00600. The molecule has 8 heteroatoms. The Morgan fingerprint density at radius 3 is 2.41 bits per heavy atom. The molecule has 0 aliphatic carbocycles. The number of rotatable bonds is 2. The summed E-state index contributed by atoms with van der Waals surface area (Å²) in [6.45, 7) is 5.30. The van der Waals surface area contributed by atoms with Gasteiger partial charge in [-0.2, -0.15) is 0 Å². The molecule has 1 spiro atoms. The van der Waals surface area contributed by atoms with Crippen molar-refractivity contribution in [3.8, 4) is 0 Å². The van der Waals surface area contributed by atoms with Gasteiger partial charge in [-0.15, -0.1) is 0 Å². The van der Waals surface area contributed by atoms with Crippen LogP contribution in [0.1, 0.15) is 39.0 Å². The molecule has 3 saturated heterocycles. The number of urea groups is 1. The summed E-state index contributed by atoms with van der Waals surface area (Å²) in [7, 11) is 3.48. The maximum Gasteiger partial charge on any atom is 0.319 e. The van der Waals surface area contributed by atoms with Crippen LogP contribution in [0.3, 0.4) is 0 Å². The molecule has 3 heterocycles. The summed E-state index contributed by atoms with van der Waals surface area (Å²) in [4.78, 5) is 28.3. The lowest BCUT2D eigenvalue weighted by Crippen LogP contribution is -2.69. The van der Waals surface area contributed by atoms with Crippen LogP contribution in [0.2, 0.25) is 0 Å². The van der Waals surface area contributed by atoms with Gasteiger partial charge in [0, 0.05) is 39.7 Å². The molecular formula is C19H34N4O4. The Balaban J connectivity index is 1.59. The van der Waals surface area contributed by atoms with Crippen molar-refractivity contribution in [3.63, 3.8) is 0 Å². The standard InChI is InChI=1S/C19H34N4O4/c1-18(8-13-27-19(16(18)25)6-9-20-10-7-19)21-15(24)14-4-11-23(12-5-14)17(26)22(2)3/h14,16,20,25H,4-13H2,1-3H3,(H,21,24)/t16-,18+/m0/s1. The monoisotopic (exact) mass is 382 g/mol. The highest BCUT2D eigenvalue weighted by Crippen LogP contribution is 2.38. The zero-order valence-corrected chi connectivity index (χ0v) is 16.8. The van der Waals surface area contributed by atoms with E-state index in [9.17, 15) is 14.7 Å². The lowest BCUT2D eigenvalue weighted by Gasteiger charge is -2.52. The number of ether oxygens (including phenoxy) is 1. The zero-order chi connectivity index (χ0) is 19.7. The summed E-state index contributed by atoms with van der Waals surface area (Å²) in [6, 6.07) is -0.00600. The fourth-order valence-electron chi connectivity index (χ4n) is 4.66. The number of aliphatic hydroxyl groups excluding tert-OH is 1. The Hall–Kier alpha value is -1.38. The maximum atomic E-state index is 12.9. The van der Waals surface area contributed by atoms with Crippen LogP contribution in [0.4, 0.5) is 4.79 Å². The van der Waals surface area contributed by atoms with Crippen LogP contribution in [-0.4, -0.2) is 91.0 Å². The first kappa shape index (κ1) is 20.4. The minimum Gasteiger partial charge on any atom is -0.388 e. The number of likely N-dealkylation sites (tertiary alicyclic amines) is 1. The molecule has 8 nitrogen and oxygen atoms in total. The molecule has 0 aromatic carbocycles. The summed E-state index contributed by atoms with van der Waals surface area (Å²) in [5.41, 5.74) is -1.24. The number of hydrogen-bond donors (Lipinski definition) is 3. The third-order valence-corrected chi connectivity index (χ3v) is 6.49. The van der Waals surface area contributed by atoms with Crippen LogP contribution in [-0.2, 0) is 9.53 Å². The molecule has 0 aromatic rings. The highest BCUT2D eigenvalue weighted by molar-refractivity contribution is 5.80. The second-order valence-electron chi connectivity index (χ2n) is 8.66. The van der Waals surface area contributed by atoms with Crippen molar-refractivity contribution in [1.29, 1.82) is 0 Å². The number of piperidine rings is 2. The summed E-state index contributed by atoms with van der Waals surface area (Å²) in [5, 5.41) is 17.6. The summed E-state index contributed by atoms with van der Waals surface area (Å²) in [6.07, 6.45) is 2.70. The van der Waals surface area contributed by atoms with Gasteiger partial charge < -0.3 is 30.3 Å². The number of nitrogens with one attached hydrogen (secondary N) is 2. The van der Waals surface area contributed by atoms with E-state index in [1.54, 1.807) is 23.9 Å². The molecule has 3 amide bonds. The maximum absolute atomic E-state index is 12.9. The van der Waals surface area contributed by atoms with Crippen molar-refractivity contribution in [2.24, 2.45) is 5.92 Å². The van der Waals surface area contributed by atoms with Gasteiger partial charge in [0.15, 0.2) is 0 Å². The number of carbonyl (C=O) groups is 2. The molecule has 2 atom stereocenters. The average Bonchev–Trinajstić information content (AvgIpc) is 2.66. The van der Waals surface area contributed by atoms with E-state index in [2.05, 4.69) is 10.6 Å². The highest BCUT2D eigenvalue weighted by Gasteiger charge is 2.53. The van der Waals surface area contributed by atoms with Gasteiger partial charge in [-0.1, -0.05) is 0 Å². The quantitative estimate of drug-likeness (QED) is 0.632. The Labute approximate surface area is 161 Å². The first-order valence-electron chi connectivity index (χ1n) is 10.1. The van der Waals surface area contributed by atoms with E-state index in [0.29, 0.717) is 39.0 Å². The molecule has 154 valence electrons.